The average molecular weight is 402 g/mol. The van der Waals surface area contributed by atoms with Crippen LogP contribution in [0.15, 0.2) is 36.4 Å². The van der Waals surface area contributed by atoms with Crippen molar-refractivity contribution in [2.24, 2.45) is 5.73 Å². The number of nitrogens with one attached hydrogen (secondary N) is 1. The van der Waals surface area contributed by atoms with E-state index in [0.29, 0.717) is 12.0 Å². The van der Waals surface area contributed by atoms with E-state index in [4.69, 9.17) is 22.6 Å². The Balaban J connectivity index is 2.43. The molecule has 2 rings (SSSR count). The minimum absolute atomic E-state index is 0.00588. The van der Waals surface area contributed by atoms with Gasteiger partial charge in [0.1, 0.15) is 5.82 Å². The predicted octanol–water partition coefficient (Wildman–Crippen LogP) is 3.89. The molecule has 0 aliphatic heterocycles. The average Bonchev–Trinajstić information content (AvgIpc) is 2.66. The molecule has 0 saturated heterocycles. The first kappa shape index (κ1) is 21.5. The second-order valence-electron chi connectivity index (χ2n) is 6.55. The van der Waals surface area contributed by atoms with Crippen LogP contribution in [0, 0.1) is 17.1 Å². The van der Waals surface area contributed by atoms with Crippen LogP contribution < -0.4 is 11.1 Å². The number of carbonyl (C=O) groups is 2. The SMILES string of the molecule is CC[C@@H](N[C@H](C)CC(N)=O)c1ccc(Cl)c(C(=O)c2cccc(C#N)c2)c1F. The summed E-state index contributed by atoms with van der Waals surface area (Å²) < 4.78 is 15.3. The first-order valence-electron chi connectivity index (χ1n) is 8.85. The smallest absolute Gasteiger partial charge is 0.218 e. The minimum Gasteiger partial charge on any atom is -0.370 e. The number of nitrogens with zero attached hydrogens (tertiary/aromatic N) is 1. The van der Waals surface area contributed by atoms with Gasteiger partial charge in [-0.25, -0.2) is 4.39 Å². The largest absolute Gasteiger partial charge is 0.370 e. The molecule has 0 fully saturated rings. The van der Waals surface area contributed by atoms with E-state index in [1.54, 1.807) is 19.1 Å². The second kappa shape index (κ2) is 9.45. The number of nitriles is 1. The van der Waals surface area contributed by atoms with Gasteiger partial charge in [-0.05, 0) is 31.5 Å². The molecule has 2 aromatic rings. The van der Waals surface area contributed by atoms with E-state index < -0.39 is 23.5 Å². The lowest BCUT2D eigenvalue weighted by Gasteiger charge is -2.23. The molecule has 0 aliphatic rings. The zero-order valence-electron chi connectivity index (χ0n) is 15.6. The molecule has 7 heteroatoms. The molecule has 0 radical (unpaired) electrons. The van der Waals surface area contributed by atoms with Crippen molar-refractivity contribution in [3.8, 4) is 6.07 Å². The molecule has 0 aromatic heterocycles. The first-order chi connectivity index (χ1) is 13.3. The maximum absolute atomic E-state index is 15.3. The van der Waals surface area contributed by atoms with Gasteiger partial charge in [0, 0.05) is 29.6 Å². The lowest BCUT2D eigenvalue weighted by Crippen LogP contribution is -2.34. The number of nitrogens with two attached hydrogens (primary N) is 1. The summed E-state index contributed by atoms with van der Waals surface area (Å²) in [7, 11) is 0. The van der Waals surface area contributed by atoms with Crippen LogP contribution >= 0.6 is 11.6 Å². The molecule has 0 spiro atoms. The van der Waals surface area contributed by atoms with E-state index >= 15 is 4.39 Å². The lowest BCUT2D eigenvalue weighted by molar-refractivity contribution is -0.118. The fourth-order valence-electron chi connectivity index (χ4n) is 3.05. The Bertz CT molecular complexity index is 940. The molecule has 0 aliphatic carbocycles. The normalized spacial score (nSPS) is 12.8. The van der Waals surface area contributed by atoms with Crippen molar-refractivity contribution >= 4 is 23.3 Å². The van der Waals surface area contributed by atoms with Crippen molar-refractivity contribution in [3.05, 3.63) is 69.5 Å². The fraction of sp³-hybridized carbons (Fsp3) is 0.286. The zero-order valence-corrected chi connectivity index (χ0v) is 16.4. The van der Waals surface area contributed by atoms with E-state index in [1.165, 1.54) is 24.3 Å². The quantitative estimate of drug-likeness (QED) is 0.656. The van der Waals surface area contributed by atoms with Crippen molar-refractivity contribution in [1.29, 1.82) is 5.26 Å². The molecule has 2 atom stereocenters. The number of ketones is 1. The number of amides is 1. The number of carbonyl (C=O) groups excluding carboxylic acids is 2. The molecule has 0 unspecified atom stereocenters. The summed E-state index contributed by atoms with van der Waals surface area (Å²) in [4.78, 5) is 24.0. The molecular formula is C21H21ClFN3O2. The number of primary amides is 1. The Kier molecular flexibility index (Phi) is 7.27. The zero-order chi connectivity index (χ0) is 20.8. The van der Waals surface area contributed by atoms with Crippen molar-refractivity contribution in [3.63, 3.8) is 0 Å². The van der Waals surface area contributed by atoms with Crippen LogP contribution in [0.25, 0.3) is 0 Å². The monoisotopic (exact) mass is 401 g/mol. The lowest BCUT2D eigenvalue weighted by atomic mass is 9.95. The van der Waals surface area contributed by atoms with Crippen LogP contribution in [-0.4, -0.2) is 17.7 Å². The van der Waals surface area contributed by atoms with Gasteiger partial charge in [-0.1, -0.05) is 36.7 Å². The molecule has 5 nitrogen and oxygen atoms in total. The third-order valence-electron chi connectivity index (χ3n) is 4.38. The molecule has 28 heavy (non-hydrogen) atoms. The van der Waals surface area contributed by atoms with E-state index in [1.807, 2.05) is 13.0 Å². The number of rotatable bonds is 8. The van der Waals surface area contributed by atoms with Crippen LogP contribution in [0.1, 0.15) is 59.8 Å². The summed E-state index contributed by atoms with van der Waals surface area (Å²) in [6, 6.07) is 10.3. The molecule has 0 saturated carbocycles. The summed E-state index contributed by atoms with van der Waals surface area (Å²) >= 11 is 6.13. The molecular weight excluding hydrogens is 381 g/mol. The number of benzene rings is 2. The Labute approximate surface area is 168 Å². The fourth-order valence-corrected chi connectivity index (χ4v) is 3.28. The van der Waals surface area contributed by atoms with Crippen molar-refractivity contribution in [2.45, 2.75) is 38.8 Å². The van der Waals surface area contributed by atoms with Gasteiger partial charge in [0.05, 0.1) is 22.2 Å². The highest BCUT2D eigenvalue weighted by atomic mass is 35.5. The molecule has 0 bridgehead atoms. The highest BCUT2D eigenvalue weighted by Crippen LogP contribution is 2.30. The standard InChI is InChI=1S/C21H21ClFN3O2/c1-3-17(26-12(2)9-18(25)27)15-7-8-16(22)19(20(15)23)21(28)14-6-4-5-13(10-14)11-24/h4-8,10,12,17,26H,3,9H2,1-2H3,(H2,25,27)/t12-,17-/m1/s1. The van der Waals surface area contributed by atoms with Crippen LogP contribution in [0.2, 0.25) is 5.02 Å². The highest BCUT2D eigenvalue weighted by Gasteiger charge is 2.25. The number of hydrogen-bond donors (Lipinski definition) is 2. The number of hydrogen-bond acceptors (Lipinski definition) is 4. The Hall–Kier alpha value is -2.75. The molecule has 146 valence electrons. The van der Waals surface area contributed by atoms with Crippen molar-refractivity contribution < 1.29 is 14.0 Å². The first-order valence-corrected chi connectivity index (χ1v) is 9.23. The van der Waals surface area contributed by atoms with E-state index in [2.05, 4.69) is 5.32 Å². The van der Waals surface area contributed by atoms with E-state index in [-0.39, 0.29) is 34.2 Å². The molecule has 3 N–H and O–H groups in total. The summed E-state index contributed by atoms with van der Waals surface area (Å²) in [6.07, 6.45) is 0.637. The third-order valence-corrected chi connectivity index (χ3v) is 4.69. The summed E-state index contributed by atoms with van der Waals surface area (Å²) in [5.74, 6) is -1.77. The van der Waals surface area contributed by atoms with Gasteiger partial charge in [-0.2, -0.15) is 5.26 Å². The van der Waals surface area contributed by atoms with Gasteiger partial charge in [-0.3, -0.25) is 9.59 Å². The van der Waals surface area contributed by atoms with Gasteiger partial charge in [-0.15, -0.1) is 0 Å². The van der Waals surface area contributed by atoms with Crippen molar-refractivity contribution in [1.82, 2.24) is 5.32 Å². The molecule has 2 aromatic carbocycles. The van der Waals surface area contributed by atoms with Crippen LogP contribution in [0.4, 0.5) is 4.39 Å². The van der Waals surface area contributed by atoms with Crippen LogP contribution in [-0.2, 0) is 4.79 Å². The molecule has 0 heterocycles. The summed E-state index contributed by atoms with van der Waals surface area (Å²) in [5, 5.41) is 12.2. The van der Waals surface area contributed by atoms with Crippen LogP contribution in [0.3, 0.4) is 0 Å². The van der Waals surface area contributed by atoms with Crippen molar-refractivity contribution in [2.75, 3.05) is 0 Å². The maximum atomic E-state index is 15.3. The maximum Gasteiger partial charge on any atom is 0.218 e. The molecule has 1 amide bonds. The van der Waals surface area contributed by atoms with E-state index in [0.717, 1.165) is 0 Å². The summed E-state index contributed by atoms with van der Waals surface area (Å²) in [6.45, 7) is 3.64. The third kappa shape index (κ3) is 4.94. The van der Waals surface area contributed by atoms with Gasteiger partial charge in [0.2, 0.25) is 5.91 Å². The minimum atomic E-state index is -0.717. The Morgan fingerprint density at radius 3 is 2.64 bits per heavy atom. The Morgan fingerprint density at radius 1 is 1.32 bits per heavy atom. The summed E-state index contributed by atoms with van der Waals surface area (Å²) in [5.41, 5.74) is 5.73. The second-order valence-corrected chi connectivity index (χ2v) is 6.95. The van der Waals surface area contributed by atoms with Gasteiger partial charge in [0.15, 0.2) is 5.78 Å². The number of halogens is 2. The van der Waals surface area contributed by atoms with Crippen LogP contribution in [0.5, 0.6) is 0 Å². The highest BCUT2D eigenvalue weighted by molar-refractivity contribution is 6.35. The van der Waals surface area contributed by atoms with Gasteiger partial charge >= 0.3 is 0 Å². The predicted molar refractivity (Wildman–Crippen MR) is 105 cm³/mol. The van der Waals surface area contributed by atoms with Gasteiger partial charge < -0.3 is 11.1 Å². The van der Waals surface area contributed by atoms with Gasteiger partial charge in [0.25, 0.3) is 0 Å². The topological polar surface area (TPSA) is 96.0 Å². The Morgan fingerprint density at radius 2 is 2.04 bits per heavy atom. The van der Waals surface area contributed by atoms with E-state index in [9.17, 15) is 9.59 Å².